The van der Waals surface area contributed by atoms with Gasteiger partial charge in [-0.25, -0.2) is 13.9 Å². The lowest BCUT2D eigenvalue weighted by Crippen LogP contribution is -2.44. The molecule has 9 heteroatoms. The number of fused-ring (bicyclic) bond motifs is 3. The molecule has 2 aromatic heterocycles. The van der Waals surface area contributed by atoms with E-state index in [9.17, 15) is 14.0 Å². The molecular formula is C27H26FN5O3. The van der Waals surface area contributed by atoms with E-state index < -0.39 is 18.0 Å². The Labute approximate surface area is 207 Å². The fourth-order valence-electron chi connectivity index (χ4n) is 4.67. The second-order valence-electron chi connectivity index (χ2n) is 8.47. The van der Waals surface area contributed by atoms with Crippen molar-refractivity contribution in [3.05, 3.63) is 101 Å². The highest BCUT2D eigenvalue weighted by atomic mass is 19.1. The van der Waals surface area contributed by atoms with Gasteiger partial charge in [-0.1, -0.05) is 37.3 Å². The Morgan fingerprint density at radius 3 is 2.53 bits per heavy atom. The molecule has 8 nitrogen and oxygen atoms in total. The Morgan fingerprint density at radius 2 is 1.83 bits per heavy atom. The van der Waals surface area contributed by atoms with Crippen molar-refractivity contribution < 1.29 is 18.7 Å². The van der Waals surface area contributed by atoms with E-state index >= 15 is 0 Å². The first-order chi connectivity index (χ1) is 17.5. The fourth-order valence-corrected chi connectivity index (χ4v) is 4.67. The maximum Gasteiger partial charge on any atom is 0.325 e. The highest BCUT2D eigenvalue weighted by molar-refractivity contribution is 5.81. The number of halogens is 1. The normalized spacial score (nSPS) is 14.5. The number of aromatic nitrogens is 3. The third-order valence-electron chi connectivity index (χ3n) is 6.36. The Morgan fingerprint density at radius 1 is 1.08 bits per heavy atom. The number of para-hydroxylation sites is 1. The van der Waals surface area contributed by atoms with Crippen molar-refractivity contribution >= 4 is 12.0 Å². The van der Waals surface area contributed by atoms with Gasteiger partial charge in [0.2, 0.25) is 0 Å². The van der Waals surface area contributed by atoms with Crippen LogP contribution in [-0.4, -0.2) is 44.9 Å². The highest BCUT2D eigenvalue weighted by Crippen LogP contribution is 2.38. The van der Waals surface area contributed by atoms with Gasteiger partial charge in [0.25, 0.3) is 0 Å². The van der Waals surface area contributed by atoms with Gasteiger partial charge in [0, 0.05) is 11.8 Å². The van der Waals surface area contributed by atoms with Crippen LogP contribution in [0.3, 0.4) is 0 Å². The summed E-state index contributed by atoms with van der Waals surface area (Å²) in [7, 11) is 1.27. The van der Waals surface area contributed by atoms with Crippen molar-refractivity contribution in [2.45, 2.75) is 25.9 Å². The van der Waals surface area contributed by atoms with Gasteiger partial charge in [-0.3, -0.25) is 4.79 Å². The van der Waals surface area contributed by atoms with Crippen LogP contribution in [0.2, 0.25) is 0 Å². The molecule has 1 aliphatic heterocycles. The van der Waals surface area contributed by atoms with E-state index in [1.54, 1.807) is 17.0 Å². The van der Waals surface area contributed by atoms with Gasteiger partial charge in [-0.2, -0.15) is 5.10 Å². The van der Waals surface area contributed by atoms with Crippen LogP contribution in [-0.2, 0) is 22.5 Å². The van der Waals surface area contributed by atoms with Crippen LogP contribution in [0.15, 0.2) is 72.9 Å². The third-order valence-corrected chi connectivity index (χ3v) is 6.36. The number of carbonyl (C=O) groups is 2. The van der Waals surface area contributed by atoms with E-state index in [2.05, 4.69) is 5.32 Å². The van der Waals surface area contributed by atoms with Crippen molar-refractivity contribution in [3.63, 3.8) is 0 Å². The van der Waals surface area contributed by atoms with E-state index in [0.29, 0.717) is 6.42 Å². The molecule has 2 aromatic carbocycles. The molecule has 0 radical (unpaired) electrons. The molecule has 0 fully saturated rings. The monoisotopic (exact) mass is 487 g/mol. The molecule has 184 valence electrons. The second-order valence-corrected chi connectivity index (χ2v) is 8.47. The molecule has 1 N–H and O–H groups in total. The molecule has 0 bridgehead atoms. The molecule has 1 atom stereocenters. The summed E-state index contributed by atoms with van der Waals surface area (Å²) in [4.78, 5) is 27.0. The summed E-state index contributed by atoms with van der Waals surface area (Å²) < 4.78 is 22.4. The molecule has 5 rings (SSSR count). The topological polar surface area (TPSA) is 81.4 Å². The summed E-state index contributed by atoms with van der Waals surface area (Å²) in [5.41, 5.74) is 4.21. The maximum atomic E-state index is 13.8. The Hall–Kier alpha value is -4.40. The summed E-state index contributed by atoms with van der Waals surface area (Å²) in [5.74, 6) is -0.0686. The van der Waals surface area contributed by atoms with Gasteiger partial charge >= 0.3 is 12.0 Å². The molecule has 36 heavy (non-hydrogen) atoms. The van der Waals surface area contributed by atoms with Gasteiger partial charge in [0.1, 0.15) is 18.2 Å². The number of methoxy groups -OCH3 is 1. The fraction of sp³-hybridized carbons (Fsp3) is 0.222. The first-order valence-corrected chi connectivity index (χ1v) is 11.7. The zero-order valence-corrected chi connectivity index (χ0v) is 20.0. The lowest BCUT2D eigenvalue weighted by atomic mass is 10.0. The number of esters is 1. The van der Waals surface area contributed by atoms with Crippen LogP contribution in [0.4, 0.5) is 9.18 Å². The number of benzene rings is 2. The number of nitrogens with zero attached hydrogens (tertiary/aromatic N) is 4. The molecule has 0 aliphatic carbocycles. The van der Waals surface area contributed by atoms with Crippen LogP contribution in [0.25, 0.3) is 11.5 Å². The number of carbonyl (C=O) groups excluding carboxylic acids is 2. The first-order valence-electron chi connectivity index (χ1n) is 11.7. The number of amides is 2. The van der Waals surface area contributed by atoms with Gasteiger partial charge in [-0.15, -0.1) is 0 Å². The smallest absolute Gasteiger partial charge is 0.325 e. The van der Waals surface area contributed by atoms with E-state index in [0.717, 1.165) is 34.0 Å². The van der Waals surface area contributed by atoms with E-state index in [1.165, 1.54) is 19.2 Å². The quantitative estimate of drug-likeness (QED) is 0.429. The van der Waals surface area contributed by atoms with Crippen molar-refractivity contribution in [2.24, 2.45) is 0 Å². The predicted molar refractivity (Wildman–Crippen MR) is 131 cm³/mol. The van der Waals surface area contributed by atoms with Gasteiger partial charge < -0.3 is 19.5 Å². The number of ether oxygens (including phenoxy) is 1. The molecule has 0 spiro atoms. The Kier molecular flexibility index (Phi) is 6.28. The Bertz CT molecular complexity index is 1390. The van der Waals surface area contributed by atoms with Gasteiger partial charge in [-0.05, 0) is 48.4 Å². The molecule has 0 saturated carbocycles. The third kappa shape index (κ3) is 4.13. The van der Waals surface area contributed by atoms with E-state index in [1.807, 2.05) is 64.8 Å². The lowest BCUT2D eigenvalue weighted by molar-refractivity contribution is -0.139. The average molecular weight is 488 g/mol. The summed E-state index contributed by atoms with van der Waals surface area (Å²) >= 11 is 0. The molecule has 1 aliphatic rings. The highest BCUT2D eigenvalue weighted by Gasteiger charge is 2.36. The number of aryl methyl sites for hydroxylation is 1. The van der Waals surface area contributed by atoms with Crippen molar-refractivity contribution in [1.29, 1.82) is 0 Å². The summed E-state index contributed by atoms with van der Waals surface area (Å²) in [5, 5.41) is 7.58. The number of nitrogens with one attached hydrogen (secondary N) is 1. The minimum absolute atomic E-state index is 0.238. The SMILES string of the molecule is CCc1nn(-c2ccccc2)c2c1CN(C(=O)NCC(=O)OC)C(c1ccc(F)cc1)c1cccn1-2. The number of urea groups is 1. The molecule has 0 saturated heterocycles. The molecule has 3 heterocycles. The van der Waals surface area contributed by atoms with Crippen molar-refractivity contribution in [2.75, 3.05) is 13.7 Å². The molecular weight excluding hydrogens is 461 g/mol. The molecule has 4 aromatic rings. The van der Waals surface area contributed by atoms with E-state index in [-0.39, 0.29) is 18.9 Å². The largest absolute Gasteiger partial charge is 0.468 e. The number of rotatable bonds is 5. The summed E-state index contributed by atoms with van der Waals surface area (Å²) in [6.45, 7) is 2.00. The minimum atomic E-state index is -0.549. The lowest BCUT2D eigenvalue weighted by Gasteiger charge is -2.31. The first kappa shape index (κ1) is 23.3. The zero-order valence-electron chi connectivity index (χ0n) is 20.0. The van der Waals surface area contributed by atoms with Gasteiger partial charge in [0.15, 0.2) is 0 Å². The average Bonchev–Trinajstić information content (AvgIpc) is 3.49. The van der Waals surface area contributed by atoms with Crippen LogP contribution >= 0.6 is 0 Å². The van der Waals surface area contributed by atoms with Gasteiger partial charge in [0.05, 0.1) is 36.8 Å². The van der Waals surface area contributed by atoms with Crippen molar-refractivity contribution in [3.8, 4) is 11.5 Å². The molecule has 1 unspecified atom stereocenters. The number of hydrogen-bond acceptors (Lipinski definition) is 4. The van der Waals surface area contributed by atoms with Crippen LogP contribution < -0.4 is 5.32 Å². The minimum Gasteiger partial charge on any atom is -0.468 e. The van der Waals surface area contributed by atoms with Crippen LogP contribution in [0.1, 0.15) is 35.5 Å². The molecule has 2 amide bonds. The standard InChI is InChI=1S/C27H26FN5O3/c1-3-22-21-17-32(27(35)29-16-24(34)36-2)25(18-11-13-19(28)14-12-18)23-10-7-15-31(23)26(21)33(30-22)20-8-5-4-6-9-20/h4-15,25H,3,16-17H2,1-2H3,(H,29,35). The summed E-state index contributed by atoms with van der Waals surface area (Å²) in [6, 6.07) is 18.8. The van der Waals surface area contributed by atoms with Crippen LogP contribution in [0, 0.1) is 5.82 Å². The second kappa shape index (κ2) is 9.69. The Balaban J connectivity index is 1.70. The number of hydrogen-bond donors (Lipinski definition) is 1. The van der Waals surface area contributed by atoms with Crippen LogP contribution in [0.5, 0.6) is 0 Å². The maximum absolute atomic E-state index is 13.8. The van der Waals surface area contributed by atoms with Crippen molar-refractivity contribution in [1.82, 2.24) is 24.6 Å². The van der Waals surface area contributed by atoms with E-state index in [4.69, 9.17) is 9.84 Å². The summed E-state index contributed by atoms with van der Waals surface area (Å²) in [6.07, 6.45) is 2.61. The predicted octanol–water partition coefficient (Wildman–Crippen LogP) is 4.15. The zero-order chi connectivity index (χ0) is 25.2.